The van der Waals surface area contributed by atoms with Gasteiger partial charge in [0.1, 0.15) is 5.82 Å². The molecule has 1 unspecified atom stereocenters. The topological polar surface area (TPSA) is 20.3 Å². The highest BCUT2D eigenvalue weighted by Gasteiger charge is 2.29. The first-order chi connectivity index (χ1) is 8.13. The zero-order valence-electron chi connectivity index (χ0n) is 9.13. The van der Waals surface area contributed by atoms with Gasteiger partial charge in [-0.25, -0.2) is 4.39 Å². The third-order valence-corrected chi connectivity index (χ3v) is 4.41. The van der Waals surface area contributed by atoms with Crippen LogP contribution in [0.4, 0.5) is 4.39 Å². The van der Waals surface area contributed by atoms with E-state index in [4.69, 9.17) is 0 Å². The fraction of sp³-hybridized carbons (Fsp3) is 0.417. The van der Waals surface area contributed by atoms with Gasteiger partial charge in [0.15, 0.2) is 0 Å². The van der Waals surface area contributed by atoms with E-state index in [2.05, 4.69) is 31.9 Å². The van der Waals surface area contributed by atoms with E-state index in [1.54, 1.807) is 6.07 Å². The summed E-state index contributed by atoms with van der Waals surface area (Å²) in [5.41, 5.74) is 0.401. The molecule has 0 aliphatic carbocycles. The average Bonchev–Trinajstić information content (AvgIpc) is 2.79. The third-order valence-electron chi connectivity index (χ3n) is 2.97. The lowest BCUT2D eigenvalue weighted by Crippen LogP contribution is -2.36. The second-order valence-electron chi connectivity index (χ2n) is 4.07. The maximum absolute atomic E-state index is 13.2. The van der Waals surface area contributed by atoms with Crippen LogP contribution in [0.3, 0.4) is 0 Å². The molecule has 1 fully saturated rings. The predicted octanol–water partition coefficient (Wildman–Crippen LogP) is 3.59. The van der Waals surface area contributed by atoms with Crippen molar-refractivity contribution in [1.29, 1.82) is 0 Å². The molecular formula is C12H12Br2FNO. The van der Waals surface area contributed by atoms with Crippen molar-refractivity contribution in [3.05, 3.63) is 34.1 Å². The van der Waals surface area contributed by atoms with Crippen molar-refractivity contribution in [1.82, 2.24) is 4.90 Å². The highest BCUT2D eigenvalue weighted by Crippen LogP contribution is 2.25. The molecule has 1 amide bonds. The first-order valence-corrected chi connectivity index (χ1v) is 7.37. The molecule has 0 N–H and O–H groups in total. The van der Waals surface area contributed by atoms with E-state index in [-0.39, 0.29) is 17.8 Å². The summed E-state index contributed by atoms with van der Waals surface area (Å²) in [6.07, 6.45) is 2.01. The van der Waals surface area contributed by atoms with E-state index >= 15 is 0 Å². The Bertz CT molecular complexity index is 439. The van der Waals surface area contributed by atoms with Gasteiger partial charge in [-0.1, -0.05) is 15.9 Å². The molecule has 1 aromatic rings. The molecule has 0 saturated carbocycles. The molecule has 1 aromatic carbocycles. The highest BCUT2D eigenvalue weighted by molar-refractivity contribution is 9.10. The fourth-order valence-electron chi connectivity index (χ4n) is 2.08. The van der Waals surface area contributed by atoms with Gasteiger partial charge in [0.2, 0.25) is 0 Å². The largest absolute Gasteiger partial charge is 0.335 e. The zero-order valence-corrected chi connectivity index (χ0v) is 12.3. The molecule has 1 atom stereocenters. The number of likely N-dealkylation sites (tertiary alicyclic amines) is 1. The molecule has 1 saturated heterocycles. The molecule has 0 aromatic heterocycles. The summed E-state index contributed by atoms with van der Waals surface area (Å²) >= 11 is 6.70. The number of rotatable bonds is 2. The second kappa shape index (κ2) is 5.48. The monoisotopic (exact) mass is 363 g/mol. The summed E-state index contributed by atoms with van der Waals surface area (Å²) in [5.74, 6) is -0.482. The van der Waals surface area contributed by atoms with Crippen molar-refractivity contribution in [3.8, 4) is 0 Å². The molecule has 0 spiro atoms. The van der Waals surface area contributed by atoms with E-state index < -0.39 is 0 Å². The van der Waals surface area contributed by atoms with Crippen LogP contribution in [-0.2, 0) is 0 Å². The maximum Gasteiger partial charge on any atom is 0.255 e. The molecule has 92 valence electrons. The van der Waals surface area contributed by atoms with Crippen molar-refractivity contribution in [2.24, 2.45) is 0 Å². The van der Waals surface area contributed by atoms with E-state index in [1.807, 2.05) is 4.90 Å². The molecule has 1 aliphatic heterocycles. The molecule has 0 radical (unpaired) electrons. The number of carbonyl (C=O) groups excluding carboxylic acids is 1. The van der Waals surface area contributed by atoms with E-state index in [0.717, 1.165) is 24.7 Å². The number of benzene rings is 1. The summed E-state index contributed by atoms with van der Waals surface area (Å²) in [7, 11) is 0. The van der Waals surface area contributed by atoms with Gasteiger partial charge in [-0.15, -0.1) is 0 Å². The van der Waals surface area contributed by atoms with Crippen LogP contribution >= 0.6 is 31.9 Å². The quantitative estimate of drug-likeness (QED) is 0.734. The Morgan fingerprint density at radius 1 is 1.53 bits per heavy atom. The summed E-state index contributed by atoms with van der Waals surface area (Å²) in [5, 5.41) is 0.770. The first kappa shape index (κ1) is 13.0. The lowest BCUT2D eigenvalue weighted by Gasteiger charge is -2.23. The Morgan fingerprint density at radius 3 is 3.00 bits per heavy atom. The molecule has 0 bridgehead atoms. The Kier molecular flexibility index (Phi) is 4.20. The standard InChI is InChI=1S/C12H12Br2FNO/c13-7-9-2-1-5-16(9)12(17)10-6-8(15)3-4-11(10)14/h3-4,6,9H,1-2,5,7H2. The number of nitrogens with zero attached hydrogens (tertiary/aromatic N) is 1. The maximum atomic E-state index is 13.2. The molecule has 1 heterocycles. The molecule has 2 rings (SSSR count). The van der Waals surface area contributed by atoms with Gasteiger partial charge in [0, 0.05) is 22.4 Å². The van der Waals surface area contributed by atoms with Gasteiger partial charge in [-0.3, -0.25) is 4.79 Å². The van der Waals surface area contributed by atoms with Crippen LogP contribution in [0.2, 0.25) is 0 Å². The number of hydrogen-bond donors (Lipinski definition) is 0. The van der Waals surface area contributed by atoms with E-state index in [0.29, 0.717) is 10.0 Å². The average molecular weight is 365 g/mol. The number of hydrogen-bond acceptors (Lipinski definition) is 1. The van der Waals surface area contributed by atoms with Crippen LogP contribution in [0.25, 0.3) is 0 Å². The normalized spacial score (nSPS) is 19.7. The Balaban J connectivity index is 2.27. The lowest BCUT2D eigenvalue weighted by atomic mass is 10.2. The summed E-state index contributed by atoms with van der Waals surface area (Å²) in [4.78, 5) is 14.1. The molecule has 2 nitrogen and oxygen atoms in total. The Hall–Kier alpha value is -0.420. The summed E-state index contributed by atoms with van der Waals surface area (Å²) in [6.45, 7) is 0.748. The number of alkyl halides is 1. The second-order valence-corrected chi connectivity index (χ2v) is 5.57. The van der Waals surface area contributed by atoms with Gasteiger partial charge in [0.05, 0.1) is 5.56 Å². The molecule has 17 heavy (non-hydrogen) atoms. The summed E-state index contributed by atoms with van der Waals surface area (Å²) < 4.78 is 13.8. The Morgan fingerprint density at radius 2 is 2.29 bits per heavy atom. The predicted molar refractivity (Wildman–Crippen MR) is 72.0 cm³/mol. The van der Waals surface area contributed by atoms with Crippen LogP contribution in [0.5, 0.6) is 0 Å². The van der Waals surface area contributed by atoms with Crippen molar-refractivity contribution >= 4 is 37.8 Å². The van der Waals surface area contributed by atoms with Gasteiger partial charge < -0.3 is 4.90 Å². The molecule has 5 heteroatoms. The third kappa shape index (κ3) is 2.71. The molecule has 1 aliphatic rings. The van der Waals surface area contributed by atoms with Crippen LogP contribution in [-0.4, -0.2) is 28.7 Å². The SMILES string of the molecule is O=C(c1cc(F)ccc1Br)N1CCCC1CBr. The van der Waals surface area contributed by atoms with E-state index in [9.17, 15) is 9.18 Å². The minimum Gasteiger partial charge on any atom is -0.335 e. The van der Waals surface area contributed by atoms with Gasteiger partial charge in [0.25, 0.3) is 5.91 Å². The van der Waals surface area contributed by atoms with E-state index in [1.165, 1.54) is 12.1 Å². The zero-order chi connectivity index (χ0) is 12.4. The van der Waals surface area contributed by atoms with Crippen LogP contribution in [0.1, 0.15) is 23.2 Å². The minimum atomic E-state index is -0.383. The van der Waals surface area contributed by atoms with Gasteiger partial charge in [-0.05, 0) is 47.0 Å². The van der Waals surface area contributed by atoms with Crippen molar-refractivity contribution in [2.45, 2.75) is 18.9 Å². The smallest absolute Gasteiger partial charge is 0.255 e. The van der Waals surface area contributed by atoms with Crippen LogP contribution in [0, 0.1) is 5.82 Å². The minimum absolute atomic E-state index is 0.0988. The number of amides is 1. The highest BCUT2D eigenvalue weighted by atomic mass is 79.9. The van der Waals surface area contributed by atoms with Crippen molar-refractivity contribution < 1.29 is 9.18 Å². The first-order valence-electron chi connectivity index (χ1n) is 5.45. The number of halogens is 3. The Labute approximate surface area is 116 Å². The van der Waals surface area contributed by atoms with Crippen LogP contribution < -0.4 is 0 Å². The van der Waals surface area contributed by atoms with Gasteiger partial charge >= 0.3 is 0 Å². The van der Waals surface area contributed by atoms with Crippen molar-refractivity contribution in [3.63, 3.8) is 0 Å². The number of carbonyl (C=O) groups is 1. The lowest BCUT2D eigenvalue weighted by molar-refractivity contribution is 0.0749. The molecular weight excluding hydrogens is 353 g/mol. The fourth-order valence-corrected chi connectivity index (χ4v) is 3.17. The van der Waals surface area contributed by atoms with Crippen molar-refractivity contribution in [2.75, 3.05) is 11.9 Å². The van der Waals surface area contributed by atoms with Crippen LogP contribution in [0.15, 0.2) is 22.7 Å². The summed E-state index contributed by atoms with van der Waals surface area (Å²) in [6, 6.07) is 4.42. The van der Waals surface area contributed by atoms with Gasteiger partial charge in [-0.2, -0.15) is 0 Å².